The summed E-state index contributed by atoms with van der Waals surface area (Å²) in [5.74, 6) is 1.03. The Balaban J connectivity index is 2.31. The number of nitrogens with one attached hydrogen (secondary N) is 1. The molecule has 0 aliphatic carbocycles. The molecule has 2 rings (SSSR count). The van der Waals surface area contributed by atoms with Gasteiger partial charge in [0.2, 0.25) is 0 Å². The highest BCUT2D eigenvalue weighted by Crippen LogP contribution is 2.31. The van der Waals surface area contributed by atoms with Gasteiger partial charge in [-0.25, -0.2) is 4.39 Å². The first-order valence-electron chi connectivity index (χ1n) is 6.86. The zero-order valence-electron chi connectivity index (χ0n) is 12.1. The van der Waals surface area contributed by atoms with E-state index >= 15 is 0 Å². The lowest BCUT2D eigenvalue weighted by Crippen LogP contribution is -2.15. The Kier molecular flexibility index (Phi) is 4.74. The van der Waals surface area contributed by atoms with Gasteiger partial charge in [-0.05, 0) is 38.1 Å². The molecule has 1 N–H and O–H groups in total. The van der Waals surface area contributed by atoms with Gasteiger partial charge in [0.15, 0.2) is 0 Å². The van der Waals surface area contributed by atoms with Crippen LogP contribution in [0.2, 0.25) is 0 Å². The highest BCUT2D eigenvalue weighted by molar-refractivity contribution is 5.40. The fourth-order valence-electron chi connectivity index (χ4n) is 2.20. The van der Waals surface area contributed by atoms with Crippen LogP contribution in [-0.4, -0.2) is 7.05 Å². The van der Waals surface area contributed by atoms with Crippen molar-refractivity contribution in [1.82, 2.24) is 5.32 Å². The van der Waals surface area contributed by atoms with Crippen molar-refractivity contribution in [1.29, 1.82) is 0 Å². The summed E-state index contributed by atoms with van der Waals surface area (Å²) in [5.41, 5.74) is 1.70. The second-order valence-electron chi connectivity index (χ2n) is 4.80. The van der Waals surface area contributed by atoms with Crippen LogP contribution in [0.25, 0.3) is 0 Å². The van der Waals surface area contributed by atoms with Crippen LogP contribution in [0.4, 0.5) is 4.39 Å². The molecular weight excluding hydrogens is 253 g/mol. The lowest BCUT2D eigenvalue weighted by molar-refractivity contribution is 0.454. The van der Waals surface area contributed by atoms with Crippen LogP contribution in [0, 0.1) is 12.7 Å². The topological polar surface area (TPSA) is 21.3 Å². The van der Waals surface area contributed by atoms with Crippen molar-refractivity contribution in [3.05, 3.63) is 59.4 Å². The van der Waals surface area contributed by atoms with Crippen LogP contribution in [0.1, 0.15) is 30.5 Å². The summed E-state index contributed by atoms with van der Waals surface area (Å²) in [7, 11) is 1.93. The molecular formula is C17H20FNO. The van der Waals surface area contributed by atoms with Crippen molar-refractivity contribution < 1.29 is 9.13 Å². The van der Waals surface area contributed by atoms with Crippen LogP contribution in [0.3, 0.4) is 0 Å². The molecule has 2 aromatic rings. The average Bonchev–Trinajstić information content (AvgIpc) is 2.46. The first-order chi connectivity index (χ1) is 9.65. The monoisotopic (exact) mass is 273 g/mol. The molecule has 2 nitrogen and oxygen atoms in total. The summed E-state index contributed by atoms with van der Waals surface area (Å²) in [5, 5.41) is 3.26. The van der Waals surface area contributed by atoms with Gasteiger partial charge >= 0.3 is 0 Å². The molecule has 0 spiro atoms. The molecule has 0 saturated carbocycles. The van der Waals surface area contributed by atoms with Crippen molar-refractivity contribution in [2.24, 2.45) is 0 Å². The Morgan fingerprint density at radius 2 is 1.95 bits per heavy atom. The Labute approximate surface area is 119 Å². The SMILES string of the molecule is CCC(NC)c1ccccc1Oc1ccc(C)c(F)c1. The van der Waals surface area contributed by atoms with Gasteiger partial charge in [-0.15, -0.1) is 0 Å². The van der Waals surface area contributed by atoms with Crippen LogP contribution in [0.15, 0.2) is 42.5 Å². The molecule has 0 aliphatic heterocycles. The van der Waals surface area contributed by atoms with Crippen molar-refractivity contribution >= 4 is 0 Å². The second kappa shape index (κ2) is 6.53. The molecule has 0 aliphatic rings. The van der Waals surface area contributed by atoms with E-state index in [1.54, 1.807) is 19.1 Å². The predicted molar refractivity (Wildman–Crippen MR) is 79.7 cm³/mol. The number of benzene rings is 2. The maximum absolute atomic E-state index is 13.6. The third kappa shape index (κ3) is 3.17. The minimum Gasteiger partial charge on any atom is -0.457 e. The molecule has 20 heavy (non-hydrogen) atoms. The number of aryl methyl sites for hydroxylation is 1. The number of rotatable bonds is 5. The Hall–Kier alpha value is -1.87. The molecule has 0 aromatic heterocycles. The maximum Gasteiger partial charge on any atom is 0.132 e. The molecule has 2 aromatic carbocycles. The van der Waals surface area contributed by atoms with Gasteiger partial charge in [0, 0.05) is 17.7 Å². The third-order valence-electron chi connectivity index (χ3n) is 3.42. The number of halogens is 1. The van der Waals surface area contributed by atoms with E-state index in [1.165, 1.54) is 6.07 Å². The van der Waals surface area contributed by atoms with Crippen LogP contribution < -0.4 is 10.1 Å². The smallest absolute Gasteiger partial charge is 0.132 e. The number of hydrogen-bond donors (Lipinski definition) is 1. The van der Waals surface area contributed by atoms with Gasteiger partial charge in [-0.2, -0.15) is 0 Å². The molecule has 3 heteroatoms. The molecule has 1 atom stereocenters. The van der Waals surface area contributed by atoms with Gasteiger partial charge in [-0.3, -0.25) is 0 Å². The third-order valence-corrected chi connectivity index (χ3v) is 3.42. The van der Waals surface area contributed by atoms with Gasteiger partial charge in [0.1, 0.15) is 17.3 Å². The van der Waals surface area contributed by atoms with Crippen LogP contribution in [0.5, 0.6) is 11.5 Å². The van der Waals surface area contributed by atoms with Crippen molar-refractivity contribution in [2.75, 3.05) is 7.05 Å². The predicted octanol–water partition coefficient (Wildman–Crippen LogP) is 4.60. The van der Waals surface area contributed by atoms with E-state index in [0.717, 1.165) is 17.7 Å². The molecule has 0 heterocycles. The van der Waals surface area contributed by atoms with Crippen molar-refractivity contribution in [2.45, 2.75) is 26.3 Å². The first-order valence-corrected chi connectivity index (χ1v) is 6.86. The number of hydrogen-bond acceptors (Lipinski definition) is 2. The Morgan fingerprint density at radius 3 is 2.60 bits per heavy atom. The quantitative estimate of drug-likeness (QED) is 0.859. The summed E-state index contributed by atoms with van der Waals surface area (Å²) < 4.78 is 19.4. The second-order valence-corrected chi connectivity index (χ2v) is 4.80. The van der Waals surface area contributed by atoms with E-state index in [-0.39, 0.29) is 11.9 Å². The zero-order chi connectivity index (χ0) is 14.5. The summed E-state index contributed by atoms with van der Waals surface area (Å²) in [4.78, 5) is 0. The van der Waals surface area contributed by atoms with Crippen molar-refractivity contribution in [3.63, 3.8) is 0 Å². The molecule has 0 radical (unpaired) electrons. The highest BCUT2D eigenvalue weighted by Gasteiger charge is 2.13. The molecule has 106 valence electrons. The minimum atomic E-state index is -0.249. The van der Waals surface area contributed by atoms with Gasteiger partial charge in [-0.1, -0.05) is 31.2 Å². The van der Waals surface area contributed by atoms with Gasteiger partial charge in [0.25, 0.3) is 0 Å². The first kappa shape index (κ1) is 14.5. The largest absolute Gasteiger partial charge is 0.457 e. The van der Waals surface area contributed by atoms with Crippen LogP contribution in [-0.2, 0) is 0 Å². The minimum absolute atomic E-state index is 0.224. The normalized spacial score (nSPS) is 12.2. The number of ether oxygens (including phenoxy) is 1. The summed E-state index contributed by atoms with van der Waals surface area (Å²) in [6.07, 6.45) is 0.957. The Morgan fingerprint density at radius 1 is 1.20 bits per heavy atom. The summed E-state index contributed by atoms with van der Waals surface area (Å²) in [6.45, 7) is 3.85. The van der Waals surface area contributed by atoms with E-state index < -0.39 is 0 Å². The summed E-state index contributed by atoms with van der Waals surface area (Å²) in [6, 6.07) is 13.0. The summed E-state index contributed by atoms with van der Waals surface area (Å²) >= 11 is 0. The number of para-hydroxylation sites is 1. The molecule has 1 unspecified atom stereocenters. The highest BCUT2D eigenvalue weighted by atomic mass is 19.1. The van der Waals surface area contributed by atoms with E-state index in [0.29, 0.717) is 11.3 Å². The van der Waals surface area contributed by atoms with E-state index in [2.05, 4.69) is 12.2 Å². The van der Waals surface area contributed by atoms with E-state index in [1.807, 2.05) is 31.3 Å². The average molecular weight is 273 g/mol. The lowest BCUT2D eigenvalue weighted by atomic mass is 10.0. The molecule has 0 fully saturated rings. The van der Waals surface area contributed by atoms with Gasteiger partial charge < -0.3 is 10.1 Å². The Bertz CT molecular complexity index is 579. The van der Waals surface area contributed by atoms with Crippen LogP contribution >= 0.6 is 0 Å². The maximum atomic E-state index is 13.6. The van der Waals surface area contributed by atoms with Crippen molar-refractivity contribution in [3.8, 4) is 11.5 Å². The molecule has 0 saturated heterocycles. The lowest BCUT2D eigenvalue weighted by Gasteiger charge is -2.18. The molecule has 0 amide bonds. The molecule has 0 bridgehead atoms. The van der Waals surface area contributed by atoms with Gasteiger partial charge in [0.05, 0.1) is 0 Å². The standard InChI is InChI=1S/C17H20FNO/c1-4-16(19-3)14-7-5-6-8-17(14)20-13-10-9-12(2)15(18)11-13/h5-11,16,19H,4H2,1-3H3. The zero-order valence-corrected chi connectivity index (χ0v) is 12.1. The fraction of sp³-hybridized carbons (Fsp3) is 0.294. The van der Waals surface area contributed by atoms with E-state index in [9.17, 15) is 4.39 Å². The fourth-order valence-corrected chi connectivity index (χ4v) is 2.20. The van der Waals surface area contributed by atoms with E-state index in [4.69, 9.17) is 4.74 Å².